The molecule has 0 saturated carbocycles. The fraction of sp³-hybridized carbons (Fsp3) is 0.500. The van der Waals surface area contributed by atoms with Crippen molar-refractivity contribution in [3.63, 3.8) is 0 Å². The molecule has 1 aliphatic rings. The van der Waals surface area contributed by atoms with Gasteiger partial charge < -0.3 is 19.1 Å². The summed E-state index contributed by atoms with van der Waals surface area (Å²) in [5, 5.41) is 0. The molecule has 0 saturated heterocycles. The first-order valence-electron chi connectivity index (χ1n) is 8.31. The highest BCUT2D eigenvalue weighted by atomic mass is 16.5. The first-order chi connectivity index (χ1) is 11.7. The van der Waals surface area contributed by atoms with E-state index >= 15 is 0 Å². The number of allylic oxidation sites excluding steroid dienone is 3. The third-order valence-electron chi connectivity index (χ3n) is 3.60. The minimum Gasteiger partial charge on any atom is -0.380 e. The first-order valence-corrected chi connectivity index (χ1v) is 8.31. The van der Waals surface area contributed by atoms with Gasteiger partial charge in [0.25, 0.3) is 0 Å². The predicted molar refractivity (Wildman–Crippen MR) is 100.0 cm³/mol. The molecule has 0 aromatic heterocycles. The van der Waals surface area contributed by atoms with Gasteiger partial charge in [-0.1, -0.05) is 37.0 Å². The Hall–Kier alpha value is -1.62. The Morgan fingerprint density at radius 2 is 2.12 bits per heavy atom. The second-order valence-electron chi connectivity index (χ2n) is 6.09. The average Bonchev–Trinajstić information content (AvgIpc) is 2.53. The van der Waals surface area contributed by atoms with Crippen molar-refractivity contribution >= 4 is 0 Å². The molecule has 0 fully saturated rings. The molecule has 1 heterocycles. The summed E-state index contributed by atoms with van der Waals surface area (Å²) in [7, 11) is 2.06. The summed E-state index contributed by atoms with van der Waals surface area (Å²) in [6, 6.07) is 0. The zero-order valence-corrected chi connectivity index (χ0v) is 15.1. The van der Waals surface area contributed by atoms with Gasteiger partial charge in [0.1, 0.15) is 0 Å². The molecule has 1 atom stereocenters. The van der Waals surface area contributed by atoms with Crippen LogP contribution in [-0.4, -0.2) is 58.1 Å². The Kier molecular flexibility index (Phi) is 10.1. The van der Waals surface area contributed by atoms with Crippen molar-refractivity contribution in [3.8, 4) is 0 Å². The summed E-state index contributed by atoms with van der Waals surface area (Å²) < 4.78 is 17.5. The van der Waals surface area contributed by atoms with Crippen LogP contribution in [0.5, 0.6) is 0 Å². The molecule has 0 aromatic rings. The molecule has 1 rings (SSSR count). The van der Waals surface area contributed by atoms with Crippen LogP contribution in [0.1, 0.15) is 6.92 Å². The highest BCUT2D eigenvalue weighted by Gasteiger charge is 2.33. The molecule has 0 radical (unpaired) electrons. The summed E-state index contributed by atoms with van der Waals surface area (Å²) in [4.78, 5) is 2.16. The Morgan fingerprint density at radius 3 is 2.83 bits per heavy atom. The maximum Gasteiger partial charge on any atom is 0.0717 e. The van der Waals surface area contributed by atoms with E-state index in [-0.39, 0.29) is 5.41 Å². The minimum absolute atomic E-state index is 0.211. The molecular formula is C20H31NO3. The second kappa shape index (κ2) is 11.8. The van der Waals surface area contributed by atoms with E-state index in [0.717, 1.165) is 12.1 Å². The van der Waals surface area contributed by atoms with Gasteiger partial charge in [-0.2, -0.15) is 0 Å². The number of nitrogens with zero attached hydrogens (tertiary/aromatic N) is 1. The number of rotatable bonds is 10. The van der Waals surface area contributed by atoms with E-state index in [2.05, 4.69) is 25.1 Å². The van der Waals surface area contributed by atoms with Crippen LogP contribution in [0, 0.1) is 5.41 Å². The van der Waals surface area contributed by atoms with Crippen molar-refractivity contribution in [2.45, 2.75) is 6.92 Å². The minimum atomic E-state index is -0.211. The zero-order chi connectivity index (χ0) is 17.7. The Balaban J connectivity index is 2.73. The van der Waals surface area contributed by atoms with E-state index in [1.165, 1.54) is 0 Å². The Labute approximate surface area is 146 Å². The van der Waals surface area contributed by atoms with Crippen molar-refractivity contribution in [2.75, 3.05) is 53.2 Å². The molecule has 0 N–H and O–H groups in total. The van der Waals surface area contributed by atoms with E-state index < -0.39 is 0 Å². The molecule has 0 amide bonds. The SMILES string of the molecule is C=C/C=C(\C=C/C)COCC1(COCC=C)COC/C=C/N(C)C1. The smallest absolute Gasteiger partial charge is 0.0717 e. The number of hydrogen-bond donors (Lipinski definition) is 0. The fourth-order valence-electron chi connectivity index (χ4n) is 2.67. The fourth-order valence-corrected chi connectivity index (χ4v) is 2.67. The third-order valence-corrected chi connectivity index (χ3v) is 3.60. The molecule has 1 aliphatic heterocycles. The summed E-state index contributed by atoms with van der Waals surface area (Å²) in [6.45, 7) is 13.7. The van der Waals surface area contributed by atoms with Crippen LogP contribution in [0.2, 0.25) is 0 Å². The van der Waals surface area contributed by atoms with Crippen LogP contribution in [0.3, 0.4) is 0 Å². The van der Waals surface area contributed by atoms with Gasteiger partial charge in [0, 0.05) is 13.6 Å². The standard InChI is InChI=1S/C20H31NO3/c1-5-9-19(10-6-2)14-24-18-20(16-22-12-7-3)15-21(4)11-8-13-23-17-20/h5-11H,1,3,12-18H2,2,4H3/b10-6-,11-8+,19-9+. The maximum absolute atomic E-state index is 6.02. The molecule has 0 aliphatic carbocycles. The van der Waals surface area contributed by atoms with Gasteiger partial charge in [-0.25, -0.2) is 0 Å². The molecule has 0 bridgehead atoms. The van der Waals surface area contributed by atoms with Crippen molar-refractivity contribution in [2.24, 2.45) is 5.41 Å². The van der Waals surface area contributed by atoms with Crippen LogP contribution < -0.4 is 0 Å². The summed E-state index contributed by atoms with van der Waals surface area (Å²) in [5.41, 5.74) is 0.882. The average molecular weight is 333 g/mol. The highest BCUT2D eigenvalue weighted by molar-refractivity contribution is 5.22. The topological polar surface area (TPSA) is 30.9 Å². The van der Waals surface area contributed by atoms with Gasteiger partial charge in [-0.05, 0) is 24.8 Å². The zero-order valence-electron chi connectivity index (χ0n) is 15.1. The predicted octanol–water partition coefficient (Wildman–Crippen LogP) is 3.36. The van der Waals surface area contributed by atoms with Crippen LogP contribution in [0.15, 0.2) is 61.4 Å². The van der Waals surface area contributed by atoms with E-state index in [1.54, 1.807) is 12.2 Å². The van der Waals surface area contributed by atoms with E-state index in [9.17, 15) is 0 Å². The van der Waals surface area contributed by atoms with Crippen molar-refractivity contribution in [1.82, 2.24) is 4.90 Å². The molecule has 134 valence electrons. The van der Waals surface area contributed by atoms with Crippen LogP contribution in [0.4, 0.5) is 0 Å². The lowest BCUT2D eigenvalue weighted by atomic mass is 9.90. The number of hydrogen-bond acceptors (Lipinski definition) is 4. The van der Waals surface area contributed by atoms with Gasteiger partial charge in [0.05, 0.1) is 45.1 Å². The van der Waals surface area contributed by atoms with Crippen molar-refractivity contribution in [3.05, 3.63) is 61.4 Å². The quantitative estimate of drug-likeness (QED) is 0.348. The molecule has 1 unspecified atom stereocenters. The molecule has 24 heavy (non-hydrogen) atoms. The van der Waals surface area contributed by atoms with Gasteiger partial charge in [0.15, 0.2) is 0 Å². The van der Waals surface area contributed by atoms with E-state index in [4.69, 9.17) is 14.2 Å². The third kappa shape index (κ3) is 7.77. The molecule has 4 nitrogen and oxygen atoms in total. The Bertz CT molecular complexity index is 468. The lowest BCUT2D eigenvalue weighted by molar-refractivity contribution is -0.0687. The Morgan fingerprint density at radius 1 is 1.33 bits per heavy atom. The first kappa shape index (κ1) is 20.4. The second-order valence-corrected chi connectivity index (χ2v) is 6.09. The lowest BCUT2D eigenvalue weighted by Gasteiger charge is -2.37. The van der Waals surface area contributed by atoms with Gasteiger partial charge in [0.2, 0.25) is 0 Å². The lowest BCUT2D eigenvalue weighted by Crippen LogP contribution is -2.46. The van der Waals surface area contributed by atoms with Crippen molar-refractivity contribution < 1.29 is 14.2 Å². The normalized spacial score (nSPS) is 23.8. The van der Waals surface area contributed by atoms with Gasteiger partial charge >= 0.3 is 0 Å². The summed E-state index contributed by atoms with van der Waals surface area (Å²) >= 11 is 0. The van der Waals surface area contributed by atoms with Crippen molar-refractivity contribution in [1.29, 1.82) is 0 Å². The maximum atomic E-state index is 6.02. The van der Waals surface area contributed by atoms with Gasteiger partial charge in [-0.3, -0.25) is 0 Å². The largest absolute Gasteiger partial charge is 0.380 e. The highest BCUT2D eigenvalue weighted by Crippen LogP contribution is 2.23. The molecule has 0 aromatic carbocycles. The van der Waals surface area contributed by atoms with E-state index in [1.807, 2.05) is 37.4 Å². The molecular weight excluding hydrogens is 302 g/mol. The van der Waals surface area contributed by atoms with Crippen LogP contribution in [0.25, 0.3) is 0 Å². The van der Waals surface area contributed by atoms with Crippen LogP contribution >= 0.6 is 0 Å². The van der Waals surface area contributed by atoms with Gasteiger partial charge in [-0.15, -0.1) is 6.58 Å². The molecule has 4 heteroatoms. The molecule has 0 spiro atoms. The number of ether oxygens (including phenoxy) is 3. The summed E-state index contributed by atoms with van der Waals surface area (Å²) in [5.74, 6) is 0. The van der Waals surface area contributed by atoms with E-state index in [0.29, 0.717) is 39.6 Å². The van der Waals surface area contributed by atoms with Crippen LogP contribution in [-0.2, 0) is 14.2 Å². The summed E-state index contributed by atoms with van der Waals surface area (Å²) in [6.07, 6.45) is 13.6. The monoisotopic (exact) mass is 333 g/mol.